The first-order valence-electron chi connectivity index (χ1n) is 5.51. The number of aryl methyl sites for hydroxylation is 1. The molecule has 0 saturated heterocycles. The van der Waals surface area contributed by atoms with Gasteiger partial charge in [-0.05, 0) is 43.2 Å². The molecule has 4 nitrogen and oxygen atoms in total. The van der Waals surface area contributed by atoms with E-state index in [4.69, 9.17) is 22.4 Å². The van der Waals surface area contributed by atoms with Gasteiger partial charge >= 0.3 is 5.97 Å². The largest absolute Gasteiger partial charge is 0.480 e. The smallest absolute Gasteiger partial charge is 0.320 e. The van der Waals surface area contributed by atoms with Crippen LogP contribution in [0, 0.1) is 6.92 Å². The lowest BCUT2D eigenvalue weighted by atomic mass is 10.0. The molecule has 0 amide bonds. The summed E-state index contributed by atoms with van der Waals surface area (Å²) in [6, 6.07) is 6.29. The van der Waals surface area contributed by atoms with Crippen LogP contribution in [0.2, 0.25) is 5.02 Å². The van der Waals surface area contributed by atoms with E-state index in [1.54, 1.807) is 12.1 Å². The molecule has 1 aromatic heterocycles. The maximum Gasteiger partial charge on any atom is 0.320 e. The molecule has 0 fully saturated rings. The Morgan fingerprint density at radius 3 is 2.89 bits per heavy atom. The number of hydrogen-bond donors (Lipinski definition) is 2. The van der Waals surface area contributed by atoms with Crippen molar-refractivity contribution in [2.24, 2.45) is 5.73 Å². The summed E-state index contributed by atoms with van der Waals surface area (Å²) in [5.74, 6) is -1.01. The van der Waals surface area contributed by atoms with E-state index in [1.807, 2.05) is 19.1 Å². The average Bonchev–Trinajstić information content (AvgIpc) is 2.29. The summed E-state index contributed by atoms with van der Waals surface area (Å²) in [4.78, 5) is 15.2. The van der Waals surface area contributed by atoms with Crippen molar-refractivity contribution in [1.82, 2.24) is 4.98 Å². The Morgan fingerprint density at radius 2 is 2.22 bits per heavy atom. The van der Waals surface area contributed by atoms with E-state index in [1.165, 1.54) is 0 Å². The highest BCUT2D eigenvalue weighted by Gasteiger charge is 2.14. The van der Waals surface area contributed by atoms with Crippen molar-refractivity contribution >= 4 is 28.5 Å². The van der Waals surface area contributed by atoms with Gasteiger partial charge in [-0.3, -0.25) is 9.78 Å². The molecule has 5 heteroatoms. The van der Waals surface area contributed by atoms with Gasteiger partial charge in [-0.15, -0.1) is 0 Å². The van der Waals surface area contributed by atoms with Crippen LogP contribution in [0.5, 0.6) is 0 Å². The number of rotatable bonds is 3. The molecule has 2 aromatic rings. The summed E-state index contributed by atoms with van der Waals surface area (Å²) in [5, 5.41) is 10.3. The third-order valence-electron chi connectivity index (χ3n) is 2.74. The quantitative estimate of drug-likeness (QED) is 0.891. The van der Waals surface area contributed by atoms with E-state index in [0.29, 0.717) is 5.02 Å². The van der Waals surface area contributed by atoms with Gasteiger partial charge in [0.05, 0.1) is 5.52 Å². The summed E-state index contributed by atoms with van der Waals surface area (Å²) in [6.45, 7) is 1.86. The number of carbonyl (C=O) groups is 1. The molecular formula is C13H13ClN2O2. The van der Waals surface area contributed by atoms with Crippen LogP contribution in [0.1, 0.15) is 11.3 Å². The Bertz CT molecular complexity index is 613. The van der Waals surface area contributed by atoms with Crippen molar-refractivity contribution in [3.63, 3.8) is 0 Å². The molecule has 0 aliphatic heterocycles. The lowest BCUT2D eigenvalue weighted by molar-refractivity contribution is -0.138. The molecule has 1 atom stereocenters. The Balaban J connectivity index is 2.54. The zero-order valence-electron chi connectivity index (χ0n) is 9.85. The van der Waals surface area contributed by atoms with Gasteiger partial charge in [0.1, 0.15) is 6.04 Å². The molecule has 0 aliphatic rings. The number of nitrogens with zero attached hydrogens (tertiary/aromatic N) is 1. The highest BCUT2D eigenvalue weighted by atomic mass is 35.5. The molecule has 94 valence electrons. The van der Waals surface area contributed by atoms with Crippen LogP contribution in [0.15, 0.2) is 24.3 Å². The fraction of sp³-hybridized carbons (Fsp3) is 0.231. The standard InChI is InChI=1S/C13H13ClN2O2/c1-7-4-8(5-11(15)13(17)18)10-6-9(14)2-3-12(10)16-7/h2-4,6,11H,5,15H2,1H3,(H,17,18). The zero-order valence-corrected chi connectivity index (χ0v) is 10.6. The summed E-state index contributed by atoms with van der Waals surface area (Å²) in [5.41, 5.74) is 8.06. The molecule has 0 saturated carbocycles. The Kier molecular flexibility index (Phi) is 3.50. The van der Waals surface area contributed by atoms with Crippen LogP contribution in [-0.2, 0) is 11.2 Å². The van der Waals surface area contributed by atoms with Gasteiger partial charge in [-0.2, -0.15) is 0 Å². The van der Waals surface area contributed by atoms with Crippen LogP contribution in [-0.4, -0.2) is 22.1 Å². The fourth-order valence-corrected chi connectivity index (χ4v) is 2.08. The minimum atomic E-state index is -1.01. The molecule has 0 radical (unpaired) electrons. The van der Waals surface area contributed by atoms with E-state index < -0.39 is 12.0 Å². The number of carboxylic acid groups (broad SMARTS) is 1. The summed E-state index contributed by atoms with van der Waals surface area (Å²) >= 11 is 5.95. The van der Waals surface area contributed by atoms with Crippen molar-refractivity contribution in [3.8, 4) is 0 Å². The summed E-state index contributed by atoms with van der Waals surface area (Å²) < 4.78 is 0. The van der Waals surface area contributed by atoms with E-state index in [2.05, 4.69) is 4.98 Å². The monoisotopic (exact) mass is 264 g/mol. The molecule has 2 rings (SSSR count). The number of benzene rings is 1. The second-order valence-corrected chi connectivity index (χ2v) is 4.67. The molecule has 0 aliphatic carbocycles. The third-order valence-corrected chi connectivity index (χ3v) is 2.98. The minimum absolute atomic E-state index is 0.259. The van der Waals surface area contributed by atoms with Crippen LogP contribution in [0.3, 0.4) is 0 Å². The van der Waals surface area contributed by atoms with Gasteiger partial charge in [-0.1, -0.05) is 11.6 Å². The Hall–Kier alpha value is -1.65. The van der Waals surface area contributed by atoms with E-state index in [9.17, 15) is 4.79 Å². The number of carboxylic acids is 1. The van der Waals surface area contributed by atoms with Crippen LogP contribution in [0.25, 0.3) is 10.9 Å². The van der Waals surface area contributed by atoms with Gasteiger partial charge in [0.25, 0.3) is 0 Å². The molecule has 0 bridgehead atoms. The number of pyridine rings is 1. The number of hydrogen-bond acceptors (Lipinski definition) is 3. The maximum atomic E-state index is 10.8. The molecule has 1 aromatic carbocycles. The van der Waals surface area contributed by atoms with E-state index in [-0.39, 0.29) is 6.42 Å². The first-order valence-corrected chi connectivity index (χ1v) is 5.89. The van der Waals surface area contributed by atoms with Gasteiger partial charge in [-0.25, -0.2) is 0 Å². The maximum absolute atomic E-state index is 10.8. The van der Waals surface area contributed by atoms with Gasteiger partial charge in [0, 0.05) is 16.1 Å². The van der Waals surface area contributed by atoms with Crippen LogP contribution < -0.4 is 5.73 Å². The number of nitrogens with two attached hydrogens (primary N) is 1. The van der Waals surface area contributed by atoms with Crippen molar-refractivity contribution in [2.75, 3.05) is 0 Å². The Labute approximate surface area is 109 Å². The second kappa shape index (κ2) is 4.92. The molecule has 18 heavy (non-hydrogen) atoms. The molecule has 1 heterocycles. The number of halogens is 1. The van der Waals surface area contributed by atoms with Crippen molar-refractivity contribution in [2.45, 2.75) is 19.4 Å². The first kappa shape index (κ1) is 12.8. The number of aromatic nitrogens is 1. The molecule has 1 unspecified atom stereocenters. The fourth-order valence-electron chi connectivity index (χ4n) is 1.91. The average molecular weight is 265 g/mol. The highest BCUT2D eigenvalue weighted by molar-refractivity contribution is 6.31. The SMILES string of the molecule is Cc1cc(CC(N)C(=O)O)c2cc(Cl)ccc2n1. The summed E-state index contributed by atoms with van der Waals surface area (Å²) in [7, 11) is 0. The topological polar surface area (TPSA) is 76.2 Å². The predicted octanol–water partition coefficient (Wildman–Crippen LogP) is 2.15. The minimum Gasteiger partial charge on any atom is -0.480 e. The molecular weight excluding hydrogens is 252 g/mol. The normalized spacial score (nSPS) is 12.6. The van der Waals surface area contributed by atoms with Crippen molar-refractivity contribution < 1.29 is 9.90 Å². The van der Waals surface area contributed by atoms with Gasteiger partial charge < -0.3 is 10.8 Å². The van der Waals surface area contributed by atoms with Crippen molar-refractivity contribution in [1.29, 1.82) is 0 Å². The van der Waals surface area contributed by atoms with Crippen LogP contribution >= 0.6 is 11.6 Å². The summed E-state index contributed by atoms with van der Waals surface area (Å²) in [6.07, 6.45) is 0.259. The van der Waals surface area contributed by atoms with E-state index >= 15 is 0 Å². The molecule has 0 spiro atoms. The number of aliphatic carboxylic acids is 1. The van der Waals surface area contributed by atoms with Gasteiger partial charge in [0.2, 0.25) is 0 Å². The van der Waals surface area contributed by atoms with Crippen LogP contribution in [0.4, 0.5) is 0 Å². The van der Waals surface area contributed by atoms with Gasteiger partial charge in [0.15, 0.2) is 0 Å². The molecule has 3 N–H and O–H groups in total. The highest BCUT2D eigenvalue weighted by Crippen LogP contribution is 2.23. The first-order chi connectivity index (χ1) is 8.47. The van der Waals surface area contributed by atoms with Crippen molar-refractivity contribution in [3.05, 3.63) is 40.5 Å². The lowest BCUT2D eigenvalue weighted by Gasteiger charge is -2.11. The second-order valence-electron chi connectivity index (χ2n) is 4.23. The Morgan fingerprint density at radius 1 is 1.50 bits per heavy atom. The zero-order chi connectivity index (χ0) is 13.3. The third kappa shape index (κ3) is 2.60. The van der Waals surface area contributed by atoms with E-state index in [0.717, 1.165) is 22.2 Å². The predicted molar refractivity (Wildman–Crippen MR) is 70.8 cm³/mol. The lowest BCUT2D eigenvalue weighted by Crippen LogP contribution is -2.32. The number of fused-ring (bicyclic) bond motifs is 1.